The van der Waals surface area contributed by atoms with Gasteiger partial charge in [0.15, 0.2) is 0 Å². The monoisotopic (exact) mass is 269 g/mol. The summed E-state index contributed by atoms with van der Waals surface area (Å²) >= 11 is 0. The second-order valence-electron chi connectivity index (χ2n) is 5.16. The number of nitrogens with one attached hydrogen (secondary N) is 1. The van der Waals surface area contributed by atoms with Gasteiger partial charge in [0.25, 0.3) is 5.91 Å². The highest BCUT2D eigenvalue weighted by Crippen LogP contribution is 2.22. The van der Waals surface area contributed by atoms with E-state index in [9.17, 15) is 9.18 Å². The largest absolute Gasteiger partial charge is 0.322 e. The molecule has 2 aromatic carbocycles. The van der Waals surface area contributed by atoms with Crippen LogP contribution in [0.3, 0.4) is 0 Å². The fraction of sp³-hybridized carbons (Fsp3) is 0.235. The predicted octanol–water partition coefficient (Wildman–Crippen LogP) is 3.96. The van der Waals surface area contributed by atoms with Crippen molar-refractivity contribution in [3.63, 3.8) is 0 Å². The molecule has 0 atom stereocenters. The van der Waals surface area contributed by atoms with Crippen LogP contribution in [0.1, 0.15) is 34.3 Å². The highest BCUT2D eigenvalue weighted by atomic mass is 19.1. The number of amides is 1. The maximum atomic E-state index is 13.1. The first-order chi connectivity index (χ1) is 9.72. The highest BCUT2D eigenvalue weighted by Gasteiger charge is 2.13. The Kier molecular flexibility index (Phi) is 3.50. The van der Waals surface area contributed by atoms with Gasteiger partial charge in [0.2, 0.25) is 0 Å². The van der Waals surface area contributed by atoms with Crippen LogP contribution >= 0.6 is 0 Å². The first-order valence-electron chi connectivity index (χ1n) is 6.91. The normalized spacial score (nSPS) is 13.7. The van der Waals surface area contributed by atoms with Gasteiger partial charge >= 0.3 is 0 Å². The summed E-state index contributed by atoms with van der Waals surface area (Å²) in [5.74, 6) is -0.544. The minimum atomic E-state index is -0.353. The average molecular weight is 269 g/mol. The lowest BCUT2D eigenvalue weighted by Crippen LogP contribution is -2.13. The van der Waals surface area contributed by atoms with E-state index in [0.29, 0.717) is 11.3 Å². The van der Waals surface area contributed by atoms with Gasteiger partial charge in [-0.25, -0.2) is 4.39 Å². The molecule has 0 bridgehead atoms. The molecule has 1 N–H and O–H groups in total. The number of fused-ring (bicyclic) bond motifs is 1. The summed E-state index contributed by atoms with van der Waals surface area (Å²) in [6.07, 6.45) is 4.54. The third-order valence-corrected chi connectivity index (χ3v) is 3.69. The van der Waals surface area contributed by atoms with E-state index in [2.05, 4.69) is 5.32 Å². The van der Waals surface area contributed by atoms with Crippen molar-refractivity contribution < 1.29 is 9.18 Å². The topological polar surface area (TPSA) is 29.1 Å². The maximum Gasteiger partial charge on any atom is 0.255 e. The van der Waals surface area contributed by atoms with Gasteiger partial charge in [0.1, 0.15) is 5.82 Å². The van der Waals surface area contributed by atoms with E-state index in [4.69, 9.17) is 0 Å². The van der Waals surface area contributed by atoms with Crippen molar-refractivity contribution >= 4 is 11.6 Å². The van der Waals surface area contributed by atoms with Crippen molar-refractivity contribution in [1.82, 2.24) is 0 Å². The average Bonchev–Trinajstić information content (AvgIpc) is 2.47. The van der Waals surface area contributed by atoms with Crippen molar-refractivity contribution in [2.75, 3.05) is 5.32 Å². The highest BCUT2D eigenvalue weighted by molar-refractivity contribution is 6.04. The number of benzene rings is 2. The van der Waals surface area contributed by atoms with E-state index >= 15 is 0 Å². The number of carbonyl (C=O) groups excluding carboxylic acids is 1. The Morgan fingerprint density at radius 2 is 1.80 bits per heavy atom. The van der Waals surface area contributed by atoms with Crippen molar-refractivity contribution in [3.8, 4) is 0 Å². The molecule has 1 aliphatic carbocycles. The quantitative estimate of drug-likeness (QED) is 0.878. The van der Waals surface area contributed by atoms with E-state index in [1.165, 1.54) is 36.1 Å². The third kappa shape index (κ3) is 2.72. The maximum absolute atomic E-state index is 13.1. The van der Waals surface area contributed by atoms with Gasteiger partial charge in [-0.05, 0) is 67.1 Å². The number of anilines is 1. The standard InChI is InChI=1S/C17H16FNO/c18-15-6-3-7-16(11-15)19-17(20)14-9-8-12-4-1-2-5-13(12)10-14/h3,6-11H,1-2,4-5H2,(H,19,20). The molecular formula is C17H16FNO. The molecule has 2 nitrogen and oxygen atoms in total. The molecule has 0 aliphatic heterocycles. The molecular weight excluding hydrogens is 253 g/mol. The van der Waals surface area contributed by atoms with Crippen molar-refractivity contribution in [2.24, 2.45) is 0 Å². The zero-order valence-electron chi connectivity index (χ0n) is 11.2. The zero-order chi connectivity index (χ0) is 13.9. The summed E-state index contributed by atoms with van der Waals surface area (Å²) in [5, 5.41) is 2.73. The minimum absolute atomic E-state index is 0.191. The Labute approximate surface area is 117 Å². The number of carbonyl (C=O) groups is 1. The number of hydrogen-bond acceptors (Lipinski definition) is 1. The molecule has 3 heteroatoms. The first kappa shape index (κ1) is 12.9. The van der Waals surface area contributed by atoms with Gasteiger partial charge in [-0.2, -0.15) is 0 Å². The van der Waals surface area contributed by atoms with Gasteiger partial charge in [0, 0.05) is 11.3 Å². The second kappa shape index (κ2) is 5.45. The summed E-state index contributed by atoms with van der Waals surface area (Å²) in [4.78, 5) is 12.2. The third-order valence-electron chi connectivity index (χ3n) is 3.69. The number of hydrogen-bond donors (Lipinski definition) is 1. The molecule has 102 valence electrons. The number of aryl methyl sites for hydroxylation is 2. The van der Waals surface area contributed by atoms with Gasteiger partial charge in [-0.3, -0.25) is 4.79 Å². The fourth-order valence-electron chi connectivity index (χ4n) is 2.64. The molecule has 0 aromatic heterocycles. The molecule has 3 rings (SSSR count). The summed E-state index contributed by atoms with van der Waals surface area (Å²) in [6.45, 7) is 0. The Balaban J connectivity index is 1.80. The Bertz CT molecular complexity index is 651. The number of halogens is 1. The first-order valence-corrected chi connectivity index (χ1v) is 6.91. The molecule has 0 unspecified atom stereocenters. The van der Waals surface area contributed by atoms with E-state index in [0.717, 1.165) is 12.8 Å². The molecule has 0 spiro atoms. The smallest absolute Gasteiger partial charge is 0.255 e. The predicted molar refractivity (Wildman–Crippen MR) is 77.4 cm³/mol. The van der Waals surface area contributed by atoms with Crippen LogP contribution in [0.4, 0.5) is 10.1 Å². The summed E-state index contributed by atoms with van der Waals surface area (Å²) in [7, 11) is 0. The van der Waals surface area contributed by atoms with Crippen LogP contribution in [0, 0.1) is 5.82 Å². The van der Waals surface area contributed by atoms with Crippen LogP contribution in [0.25, 0.3) is 0 Å². The molecule has 20 heavy (non-hydrogen) atoms. The van der Waals surface area contributed by atoms with Crippen molar-refractivity contribution in [3.05, 3.63) is 65.0 Å². The van der Waals surface area contributed by atoms with E-state index in [1.807, 2.05) is 18.2 Å². The Hall–Kier alpha value is -2.16. The van der Waals surface area contributed by atoms with Crippen LogP contribution in [-0.2, 0) is 12.8 Å². The van der Waals surface area contributed by atoms with E-state index in [1.54, 1.807) is 12.1 Å². The molecule has 0 saturated heterocycles. The van der Waals surface area contributed by atoms with E-state index < -0.39 is 0 Å². The lowest BCUT2D eigenvalue weighted by atomic mass is 9.90. The van der Waals surface area contributed by atoms with E-state index in [-0.39, 0.29) is 11.7 Å². The van der Waals surface area contributed by atoms with Gasteiger partial charge in [-0.1, -0.05) is 12.1 Å². The van der Waals surface area contributed by atoms with Crippen molar-refractivity contribution in [1.29, 1.82) is 0 Å². The zero-order valence-corrected chi connectivity index (χ0v) is 11.2. The van der Waals surface area contributed by atoms with Crippen LogP contribution in [0.5, 0.6) is 0 Å². The molecule has 0 saturated carbocycles. The Morgan fingerprint density at radius 1 is 1.00 bits per heavy atom. The van der Waals surface area contributed by atoms with Crippen LogP contribution < -0.4 is 5.32 Å². The molecule has 1 amide bonds. The molecule has 0 radical (unpaired) electrons. The van der Waals surface area contributed by atoms with Gasteiger partial charge in [-0.15, -0.1) is 0 Å². The minimum Gasteiger partial charge on any atom is -0.322 e. The summed E-state index contributed by atoms with van der Waals surface area (Å²) in [5.41, 5.74) is 3.73. The lowest BCUT2D eigenvalue weighted by molar-refractivity contribution is 0.102. The summed E-state index contributed by atoms with van der Waals surface area (Å²) in [6, 6.07) is 11.8. The lowest BCUT2D eigenvalue weighted by Gasteiger charge is -2.16. The van der Waals surface area contributed by atoms with Gasteiger partial charge in [0.05, 0.1) is 0 Å². The second-order valence-corrected chi connectivity index (χ2v) is 5.16. The van der Waals surface area contributed by atoms with Crippen molar-refractivity contribution in [2.45, 2.75) is 25.7 Å². The molecule has 0 fully saturated rings. The molecule has 1 aliphatic rings. The summed E-state index contributed by atoms with van der Waals surface area (Å²) < 4.78 is 13.1. The fourth-order valence-corrected chi connectivity index (χ4v) is 2.64. The van der Waals surface area contributed by atoms with Crippen LogP contribution in [-0.4, -0.2) is 5.91 Å². The van der Waals surface area contributed by atoms with Gasteiger partial charge < -0.3 is 5.32 Å². The molecule has 2 aromatic rings. The SMILES string of the molecule is O=C(Nc1cccc(F)c1)c1ccc2c(c1)CCCC2. The Morgan fingerprint density at radius 3 is 2.60 bits per heavy atom. The molecule has 0 heterocycles. The van der Waals surface area contributed by atoms with Crippen LogP contribution in [0.15, 0.2) is 42.5 Å². The van der Waals surface area contributed by atoms with Crippen LogP contribution in [0.2, 0.25) is 0 Å². The number of rotatable bonds is 2.